The van der Waals surface area contributed by atoms with Crippen LogP contribution in [-0.4, -0.2) is 47.6 Å². The number of hydrogen-bond donors (Lipinski definition) is 1. The molecule has 4 fully saturated rings. The van der Waals surface area contributed by atoms with E-state index in [0.717, 1.165) is 6.42 Å². The van der Waals surface area contributed by atoms with Gasteiger partial charge in [0, 0.05) is 22.5 Å². The second kappa shape index (κ2) is 5.67. The molecule has 2 aliphatic heterocycles. The molecular formula is C20H26O6. The van der Waals surface area contributed by atoms with Crippen LogP contribution >= 0.6 is 0 Å². The van der Waals surface area contributed by atoms with Gasteiger partial charge in [0.1, 0.15) is 12.2 Å². The average molecular weight is 362 g/mol. The molecule has 0 bridgehead atoms. The summed E-state index contributed by atoms with van der Waals surface area (Å²) in [6.45, 7) is 10.00. The fraction of sp³-hybridized carbons (Fsp3) is 0.700. The van der Waals surface area contributed by atoms with Crippen molar-refractivity contribution in [1.82, 2.24) is 0 Å². The number of aliphatic hydroxyl groups excluding tert-OH is 1. The Hall–Kier alpha value is -1.66. The minimum absolute atomic E-state index is 0.121. The standard InChI is InChI=1S/C20H26O6/c1-5-10(2)17(22)25-13-6-7-20(9-24-20)16-15-14(11(3)18(23)26-15)12(21)8-19(13,16)4/h5,12-16,21H,3,6-9H2,1-2,4H3/b10-5+/t12-,13-,14+,15-,16+,19-,20+/m0/s1. The fourth-order valence-corrected chi connectivity index (χ4v) is 5.46. The first-order valence-electron chi connectivity index (χ1n) is 9.29. The van der Waals surface area contributed by atoms with Crippen molar-refractivity contribution in [3.63, 3.8) is 0 Å². The lowest BCUT2D eigenvalue weighted by Gasteiger charge is -2.56. The topological polar surface area (TPSA) is 85.4 Å². The molecule has 6 nitrogen and oxygen atoms in total. The smallest absolute Gasteiger partial charge is 0.334 e. The zero-order valence-electron chi connectivity index (χ0n) is 15.5. The average Bonchev–Trinajstić information content (AvgIpc) is 3.29. The van der Waals surface area contributed by atoms with Crippen LogP contribution in [0.25, 0.3) is 0 Å². The Balaban J connectivity index is 1.70. The molecule has 142 valence electrons. The fourth-order valence-electron chi connectivity index (χ4n) is 5.46. The molecule has 0 aromatic rings. The lowest BCUT2D eigenvalue weighted by Crippen LogP contribution is -2.63. The highest BCUT2D eigenvalue weighted by Crippen LogP contribution is 2.63. The van der Waals surface area contributed by atoms with Gasteiger partial charge in [-0.05, 0) is 33.1 Å². The Bertz CT molecular complexity index is 705. The van der Waals surface area contributed by atoms with Crippen molar-refractivity contribution in [2.24, 2.45) is 17.3 Å². The monoisotopic (exact) mass is 362 g/mol. The lowest BCUT2D eigenvalue weighted by atomic mass is 9.51. The number of epoxide rings is 1. The highest BCUT2D eigenvalue weighted by molar-refractivity contribution is 5.91. The maximum atomic E-state index is 12.4. The van der Waals surface area contributed by atoms with Crippen LogP contribution < -0.4 is 0 Å². The van der Waals surface area contributed by atoms with Crippen LogP contribution in [0.2, 0.25) is 0 Å². The first-order valence-corrected chi connectivity index (χ1v) is 9.29. The first kappa shape index (κ1) is 17.7. The summed E-state index contributed by atoms with van der Waals surface area (Å²) in [6.07, 6.45) is 2.00. The number of allylic oxidation sites excluding steroid dienone is 1. The van der Waals surface area contributed by atoms with Crippen molar-refractivity contribution in [3.8, 4) is 0 Å². The zero-order chi connectivity index (χ0) is 18.9. The van der Waals surface area contributed by atoms with E-state index < -0.39 is 29.5 Å². The maximum Gasteiger partial charge on any atom is 0.334 e. The lowest BCUT2D eigenvalue weighted by molar-refractivity contribution is -0.202. The van der Waals surface area contributed by atoms with Crippen molar-refractivity contribution >= 4 is 11.9 Å². The predicted molar refractivity (Wildman–Crippen MR) is 92.0 cm³/mol. The molecule has 1 N–H and O–H groups in total. The van der Waals surface area contributed by atoms with E-state index in [1.807, 2.05) is 6.92 Å². The van der Waals surface area contributed by atoms with Crippen molar-refractivity contribution in [2.45, 2.75) is 63.9 Å². The third kappa shape index (κ3) is 2.31. The number of rotatable bonds is 2. The molecule has 0 aromatic carbocycles. The molecule has 4 rings (SSSR count). The van der Waals surface area contributed by atoms with Crippen LogP contribution in [0.15, 0.2) is 23.8 Å². The first-order chi connectivity index (χ1) is 12.2. The van der Waals surface area contributed by atoms with E-state index in [2.05, 4.69) is 6.58 Å². The third-order valence-corrected chi connectivity index (χ3v) is 7.02. The molecule has 2 aliphatic carbocycles. The summed E-state index contributed by atoms with van der Waals surface area (Å²) in [6, 6.07) is 0. The summed E-state index contributed by atoms with van der Waals surface area (Å²) < 4.78 is 17.4. The summed E-state index contributed by atoms with van der Waals surface area (Å²) in [5.74, 6) is -1.31. The van der Waals surface area contributed by atoms with E-state index in [1.165, 1.54) is 0 Å². The van der Waals surface area contributed by atoms with Gasteiger partial charge in [-0.1, -0.05) is 19.6 Å². The number of fused-ring (bicyclic) bond motifs is 4. The highest BCUT2D eigenvalue weighted by atomic mass is 16.6. The highest BCUT2D eigenvalue weighted by Gasteiger charge is 2.72. The summed E-state index contributed by atoms with van der Waals surface area (Å²) >= 11 is 0. The molecule has 6 heteroatoms. The Morgan fingerprint density at radius 3 is 2.77 bits per heavy atom. The Labute approximate surface area is 153 Å². The maximum absolute atomic E-state index is 12.4. The molecule has 26 heavy (non-hydrogen) atoms. The van der Waals surface area contributed by atoms with Crippen LogP contribution in [0.3, 0.4) is 0 Å². The summed E-state index contributed by atoms with van der Waals surface area (Å²) in [7, 11) is 0. The molecule has 2 saturated heterocycles. The molecule has 0 amide bonds. The van der Waals surface area contributed by atoms with E-state index in [1.54, 1.807) is 19.9 Å². The third-order valence-electron chi connectivity index (χ3n) is 7.02. The van der Waals surface area contributed by atoms with Crippen LogP contribution in [-0.2, 0) is 23.8 Å². The van der Waals surface area contributed by atoms with E-state index in [9.17, 15) is 14.7 Å². The normalized spacial score (nSPS) is 47.2. The molecule has 4 aliphatic rings. The van der Waals surface area contributed by atoms with Gasteiger partial charge in [-0.2, -0.15) is 0 Å². The van der Waals surface area contributed by atoms with E-state index >= 15 is 0 Å². The summed E-state index contributed by atoms with van der Waals surface area (Å²) in [4.78, 5) is 24.5. The molecule has 0 unspecified atom stereocenters. The van der Waals surface area contributed by atoms with Gasteiger partial charge in [0.2, 0.25) is 0 Å². The van der Waals surface area contributed by atoms with Crippen LogP contribution in [0.1, 0.15) is 40.0 Å². The van der Waals surface area contributed by atoms with E-state index in [0.29, 0.717) is 30.6 Å². The van der Waals surface area contributed by atoms with E-state index in [-0.39, 0.29) is 23.6 Å². The number of carbonyl (C=O) groups is 2. The van der Waals surface area contributed by atoms with Crippen molar-refractivity contribution in [1.29, 1.82) is 0 Å². The number of esters is 2. The molecule has 7 atom stereocenters. The molecular weight excluding hydrogens is 336 g/mol. The second-order valence-electron chi connectivity index (χ2n) is 8.43. The van der Waals surface area contributed by atoms with Gasteiger partial charge in [0.25, 0.3) is 0 Å². The van der Waals surface area contributed by atoms with Gasteiger partial charge in [-0.25, -0.2) is 9.59 Å². The summed E-state index contributed by atoms with van der Waals surface area (Å²) in [5.41, 5.74) is 0.0257. The number of carbonyl (C=O) groups excluding carboxylic acids is 2. The van der Waals surface area contributed by atoms with Crippen LogP contribution in [0, 0.1) is 17.3 Å². The van der Waals surface area contributed by atoms with Gasteiger partial charge in [0.15, 0.2) is 0 Å². The Morgan fingerprint density at radius 2 is 2.15 bits per heavy atom. The van der Waals surface area contributed by atoms with E-state index in [4.69, 9.17) is 14.2 Å². The van der Waals surface area contributed by atoms with Crippen molar-refractivity contribution in [2.75, 3.05) is 6.61 Å². The molecule has 2 saturated carbocycles. The van der Waals surface area contributed by atoms with Crippen LogP contribution in [0.4, 0.5) is 0 Å². The number of aliphatic hydroxyl groups is 1. The van der Waals surface area contributed by atoms with Gasteiger partial charge in [0.05, 0.1) is 24.2 Å². The zero-order valence-corrected chi connectivity index (χ0v) is 15.5. The second-order valence-corrected chi connectivity index (χ2v) is 8.43. The van der Waals surface area contributed by atoms with Gasteiger partial charge >= 0.3 is 11.9 Å². The van der Waals surface area contributed by atoms with Crippen molar-refractivity contribution < 1.29 is 28.9 Å². The van der Waals surface area contributed by atoms with Crippen molar-refractivity contribution in [3.05, 3.63) is 23.8 Å². The molecule has 1 spiro atoms. The summed E-state index contributed by atoms with van der Waals surface area (Å²) in [5, 5.41) is 10.8. The minimum Gasteiger partial charge on any atom is -0.458 e. The Morgan fingerprint density at radius 1 is 1.46 bits per heavy atom. The molecule has 2 heterocycles. The quantitative estimate of drug-likeness (QED) is 0.459. The van der Waals surface area contributed by atoms with Gasteiger partial charge in [-0.15, -0.1) is 0 Å². The SMILES string of the molecule is C=C1C(=O)O[C@H]2[C@H]1[C@@H](O)C[C@@]1(C)[C@@H](OC(=O)/C(C)=C/C)CC[C@@]3(CO3)[C@H]21. The largest absolute Gasteiger partial charge is 0.458 e. The predicted octanol–water partition coefficient (Wildman–Crippen LogP) is 1.91. The number of hydrogen-bond acceptors (Lipinski definition) is 6. The molecule has 0 radical (unpaired) electrons. The van der Waals surface area contributed by atoms with Gasteiger partial charge in [-0.3, -0.25) is 0 Å². The molecule has 0 aromatic heterocycles. The minimum atomic E-state index is -0.752. The van der Waals surface area contributed by atoms with Gasteiger partial charge < -0.3 is 19.3 Å². The Kier molecular flexibility index (Phi) is 3.87. The number of ether oxygens (including phenoxy) is 3. The van der Waals surface area contributed by atoms with Crippen LogP contribution in [0.5, 0.6) is 0 Å².